The summed E-state index contributed by atoms with van der Waals surface area (Å²) in [6.07, 6.45) is -0.195. The van der Waals surface area contributed by atoms with Crippen molar-refractivity contribution in [2.24, 2.45) is 5.73 Å². The molecule has 0 radical (unpaired) electrons. The second-order valence-corrected chi connectivity index (χ2v) is 7.91. The lowest BCUT2D eigenvalue weighted by molar-refractivity contribution is -0.136. The summed E-state index contributed by atoms with van der Waals surface area (Å²) in [5.41, 5.74) is 11.2. The molecule has 34 heavy (non-hydrogen) atoms. The van der Waals surface area contributed by atoms with Gasteiger partial charge in [0.2, 0.25) is 0 Å². The van der Waals surface area contributed by atoms with Crippen molar-refractivity contribution in [1.82, 2.24) is 0 Å². The SMILES string of the molecule is COCc1cc2cc(COc3cc(C#N)ccc3CC(=O)O)cc(-c3cccc(CN)c3)c2o1. The summed E-state index contributed by atoms with van der Waals surface area (Å²) in [6.45, 7) is 0.961. The summed E-state index contributed by atoms with van der Waals surface area (Å²) in [7, 11) is 1.61. The Balaban J connectivity index is 1.74. The van der Waals surface area contributed by atoms with Crippen LogP contribution in [0.25, 0.3) is 22.1 Å². The number of carboxylic acids is 1. The van der Waals surface area contributed by atoms with Gasteiger partial charge in [0, 0.05) is 30.2 Å². The fourth-order valence-electron chi connectivity index (χ4n) is 3.87. The molecule has 3 aromatic carbocycles. The van der Waals surface area contributed by atoms with Crippen LogP contribution in [0.2, 0.25) is 0 Å². The van der Waals surface area contributed by atoms with E-state index in [0.717, 1.165) is 33.2 Å². The highest BCUT2D eigenvalue weighted by Gasteiger charge is 2.15. The van der Waals surface area contributed by atoms with Crippen molar-refractivity contribution in [2.75, 3.05) is 7.11 Å². The van der Waals surface area contributed by atoms with Crippen molar-refractivity contribution in [3.63, 3.8) is 0 Å². The Morgan fingerprint density at radius 2 is 1.94 bits per heavy atom. The number of hydrogen-bond donors (Lipinski definition) is 2. The van der Waals surface area contributed by atoms with E-state index >= 15 is 0 Å². The van der Waals surface area contributed by atoms with Crippen molar-refractivity contribution in [3.05, 3.63) is 88.7 Å². The molecule has 0 aliphatic rings. The van der Waals surface area contributed by atoms with Crippen LogP contribution in [-0.2, 0) is 35.7 Å². The zero-order valence-corrected chi connectivity index (χ0v) is 18.7. The molecular formula is C27H24N2O5. The number of aliphatic carboxylic acids is 1. The summed E-state index contributed by atoms with van der Waals surface area (Å²) in [5.74, 6) is 0.111. The topological polar surface area (TPSA) is 119 Å². The standard InChI is InChI=1S/C27H24N2O5/c1-32-16-23-11-22-8-19(9-24(27(22)34-23)20-4-2-3-17(7-20)13-28)15-33-25-10-18(14-29)5-6-21(25)12-26(30)31/h2-11H,12-13,15-16,28H2,1H3,(H,30,31). The number of rotatable bonds is 9. The molecule has 0 bridgehead atoms. The minimum atomic E-state index is -0.970. The van der Waals surface area contributed by atoms with Crippen molar-refractivity contribution in [1.29, 1.82) is 5.26 Å². The van der Waals surface area contributed by atoms with E-state index in [-0.39, 0.29) is 13.0 Å². The van der Waals surface area contributed by atoms with Gasteiger partial charge in [-0.25, -0.2) is 0 Å². The number of benzene rings is 3. The van der Waals surface area contributed by atoms with Crippen LogP contribution in [0.3, 0.4) is 0 Å². The molecule has 0 spiro atoms. The molecule has 3 N–H and O–H groups in total. The molecule has 0 amide bonds. The van der Waals surface area contributed by atoms with Crippen LogP contribution in [0.15, 0.2) is 65.1 Å². The number of carbonyl (C=O) groups is 1. The summed E-state index contributed by atoms with van der Waals surface area (Å²) in [5, 5.41) is 19.4. The number of hydrogen-bond acceptors (Lipinski definition) is 6. The van der Waals surface area contributed by atoms with Gasteiger partial charge in [0.25, 0.3) is 0 Å². The molecule has 4 rings (SSSR count). The summed E-state index contributed by atoms with van der Waals surface area (Å²) < 4.78 is 17.3. The summed E-state index contributed by atoms with van der Waals surface area (Å²) in [4.78, 5) is 11.3. The lowest BCUT2D eigenvalue weighted by atomic mass is 9.99. The summed E-state index contributed by atoms with van der Waals surface area (Å²) >= 11 is 0. The van der Waals surface area contributed by atoms with Gasteiger partial charge in [0.1, 0.15) is 30.3 Å². The Hall–Kier alpha value is -4.12. The molecule has 1 heterocycles. The number of nitriles is 1. The van der Waals surface area contributed by atoms with Gasteiger partial charge in [-0.05, 0) is 53.1 Å². The van der Waals surface area contributed by atoms with Gasteiger partial charge in [-0.1, -0.05) is 24.3 Å². The second kappa shape index (κ2) is 10.2. The molecule has 0 aliphatic heterocycles. The number of carboxylic acid groups (broad SMARTS) is 1. The zero-order chi connectivity index (χ0) is 24.1. The van der Waals surface area contributed by atoms with Crippen molar-refractivity contribution in [3.8, 4) is 22.9 Å². The van der Waals surface area contributed by atoms with Crippen LogP contribution in [-0.4, -0.2) is 18.2 Å². The Labute approximate surface area is 196 Å². The Morgan fingerprint density at radius 3 is 2.68 bits per heavy atom. The number of ether oxygens (including phenoxy) is 2. The minimum Gasteiger partial charge on any atom is -0.489 e. The first-order valence-electron chi connectivity index (χ1n) is 10.7. The fraction of sp³-hybridized carbons (Fsp3) is 0.185. The third-order valence-electron chi connectivity index (χ3n) is 5.42. The number of methoxy groups -OCH3 is 1. The molecular weight excluding hydrogens is 432 g/mol. The van der Waals surface area contributed by atoms with Gasteiger partial charge in [0.15, 0.2) is 0 Å². The smallest absolute Gasteiger partial charge is 0.307 e. The summed E-state index contributed by atoms with van der Waals surface area (Å²) in [6, 6.07) is 20.7. The van der Waals surface area contributed by atoms with E-state index in [1.165, 1.54) is 0 Å². The van der Waals surface area contributed by atoms with Crippen LogP contribution in [0, 0.1) is 11.3 Å². The van der Waals surface area contributed by atoms with E-state index in [1.807, 2.05) is 42.5 Å². The second-order valence-electron chi connectivity index (χ2n) is 7.91. The molecule has 0 saturated heterocycles. The highest BCUT2D eigenvalue weighted by atomic mass is 16.5. The van der Waals surface area contributed by atoms with Crippen LogP contribution < -0.4 is 10.5 Å². The maximum absolute atomic E-state index is 11.3. The maximum atomic E-state index is 11.3. The molecule has 1 aromatic heterocycles. The largest absolute Gasteiger partial charge is 0.489 e. The fourth-order valence-corrected chi connectivity index (χ4v) is 3.87. The van der Waals surface area contributed by atoms with Gasteiger partial charge in [0.05, 0.1) is 18.1 Å². The molecule has 4 aromatic rings. The molecule has 0 atom stereocenters. The van der Waals surface area contributed by atoms with Crippen molar-refractivity contribution < 1.29 is 23.8 Å². The molecule has 0 fully saturated rings. The Bertz CT molecular complexity index is 1380. The normalized spacial score (nSPS) is 10.9. The minimum absolute atomic E-state index is 0.186. The quantitative estimate of drug-likeness (QED) is 0.372. The van der Waals surface area contributed by atoms with Crippen molar-refractivity contribution in [2.45, 2.75) is 26.2 Å². The Kier molecular flexibility index (Phi) is 6.93. The maximum Gasteiger partial charge on any atom is 0.307 e. The van der Waals surface area contributed by atoms with E-state index in [4.69, 9.17) is 19.6 Å². The number of fused-ring (bicyclic) bond motifs is 1. The molecule has 7 heteroatoms. The van der Waals surface area contributed by atoms with Crippen LogP contribution in [0.5, 0.6) is 5.75 Å². The van der Waals surface area contributed by atoms with Gasteiger partial charge in [-0.15, -0.1) is 0 Å². The predicted octanol–water partition coefficient (Wildman–Crippen LogP) is 4.78. The zero-order valence-electron chi connectivity index (χ0n) is 18.7. The van der Waals surface area contributed by atoms with Gasteiger partial charge in [-0.3, -0.25) is 4.79 Å². The van der Waals surface area contributed by atoms with E-state index in [0.29, 0.717) is 35.8 Å². The highest BCUT2D eigenvalue weighted by Crippen LogP contribution is 2.34. The molecule has 0 saturated carbocycles. The number of nitrogens with two attached hydrogens (primary N) is 1. The molecule has 0 unspecified atom stereocenters. The number of furan rings is 1. The Morgan fingerprint density at radius 1 is 1.09 bits per heavy atom. The van der Waals surface area contributed by atoms with Crippen molar-refractivity contribution >= 4 is 16.9 Å². The third kappa shape index (κ3) is 5.09. The van der Waals surface area contributed by atoms with Crippen LogP contribution in [0.4, 0.5) is 0 Å². The van der Waals surface area contributed by atoms with E-state index in [1.54, 1.807) is 25.3 Å². The molecule has 0 aliphatic carbocycles. The van der Waals surface area contributed by atoms with E-state index < -0.39 is 5.97 Å². The lowest BCUT2D eigenvalue weighted by Crippen LogP contribution is -2.05. The average molecular weight is 456 g/mol. The van der Waals surface area contributed by atoms with E-state index in [9.17, 15) is 15.2 Å². The average Bonchev–Trinajstić information content (AvgIpc) is 3.25. The monoisotopic (exact) mass is 456 g/mol. The molecule has 172 valence electrons. The highest BCUT2D eigenvalue weighted by molar-refractivity contribution is 5.93. The first-order valence-corrected chi connectivity index (χ1v) is 10.7. The first-order chi connectivity index (χ1) is 16.5. The van der Waals surface area contributed by atoms with Gasteiger partial charge < -0.3 is 24.7 Å². The molecule has 7 nitrogen and oxygen atoms in total. The van der Waals surface area contributed by atoms with Crippen LogP contribution >= 0.6 is 0 Å². The van der Waals surface area contributed by atoms with E-state index in [2.05, 4.69) is 6.07 Å². The van der Waals surface area contributed by atoms with Gasteiger partial charge in [-0.2, -0.15) is 5.26 Å². The third-order valence-corrected chi connectivity index (χ3v) is 5.42. The number of nitrogens with zero attached hydrogens (tertiary/aromatic N) is 1. The van der Waals surface area contributed by atoms with Gasteiger partial charge >= 0.3 is 5.97 Å². The first kappa shape index (κ1) is 23.1. The predicted molar refractivity (Wildman–Crippen MR) is 127 cm³/mol. The lowest BCUT2D eigenvalue weighted by Gasteiger charge is -2.13. The van der Waals surface area contributed by atoms with Crippen LogP contribution in [0.1, 0.15) is 28.0 Å².